The quantitative estimate of drug-likeness (QED) is 0.0279. The summed E-state index contributed by atoms with van der Waals surface area (Å²) < 4.78 is 26.4. The van der Waals surface area contributed by atoms with Crippen molar-refractivity contribution in [1.29, 1.82) is 0 Å². The summed E-state index contributed by atoms with van der Waals surface area (Å²) >= 11 is 0. The Hall–Kier alpha value is -2.25. The van der Waals surface area contributed by atoms with Gasteiger partial charge in [-0.3, -0.25) is 14.1 Å². The Morgan fingerprint density at radius 1 is 0.500 bits per heavy atom. The fourth-order valence-electron chi connectivity index (χ4n) is 5.41. The number of phosphoric ester groups is 1. The molecular weight excluding hydrogens is 675 g/mol. The molecule has 0 rings (SSSR count). The number of phosphoric acid groups is 1. The number of hydrogen-bond donors (Lipinski definition) is 2. The van der Waals surface area contributed by atoms with Gasteiger partial charge in [0, 0.05) is 12.8 Å². The zero-order valence-electron chi connectivity index (χ0n) is 32.9. The zero-order chi connectivity index (χ0) is 38.2. The molecule has 300 valence electrons. The smallest absolute Gasteiger partial charge is 0.462 e. The first-order chi connectivity index (χ1) is 25.3. The number of allylic oxidation sites excluding steroid dienone is 10. The third-order valence-corrected chi connectivity index (χ3v) is 8.99. The molecule has 0 aliphatic carbocycles. The summed E-state index contributed by atoms with van der Waals surface area (Å²) in [5, 5.41) is 0. The van der Waals surface area contributed by atoms with Crippen molar-refractivity contribution in [1.82, 2.24) is 0 Å². The maximum Gasteiger partial charge on any atom is 0.469 e. The first kappa shape index (κ1) is 49.8. The van der Waals surface area contributed by atoms with E-state index in [0.717, 1.165) is 70.6 Å². The Morgan fingerprint density at radius 3 is 1.29 bits per heavy atom. The summed E-state index contributed by atoms with van der Waals surface area (Å²) in [4.78, 5) is 42.8. The van der Waals surface area contributed by atoms with E-state index in [2.05, 4.69) is 79.1 Å². The van der Waals surface area contributed by atoms with Gasteiger partial charge in [-0.05, 0) is 83.5 Å². The molecule has 0 aromatic carbocycles. The van der Waals surface area contributed by atoms with Gasteiger partial charge in [-0.2, -0.15) is 0 Å². The maximum atomic E-state index is 12.4. The van der Waals surface area contributed by atoms with E-state index in [1.807, 2.05) is 0 Å². The van der Waals surface area contributed by atoms with Crippen LogP contribution in [0.2, 0.25) is 0 Å². The minimum Gasteiger partial charge on any atom is -0.462 e. The van der Waals surface area contributed by atoms with E-state index in [1.54, 1.807) is 0 Å². The second-order valence-corrected chi connectivity index (χ2v) is 14.8. The topological polar surface area (TPSA) is 119 Å². The van der Waals surface area contributed by atoms with Crippen LogP contribution in [0.3, 0.4) is 0 Å². The Labute approximate surface area is 317 Å². The Bertz CT molecular complexity index is 1030. The minimum atomic E-state index is -4.76. The molecule has 0 bridgehead atoms. The van der Waals surface area contributed by atoms with Gasteiger partial charge in [-0.1, -0.05) is 145 Å². The fourth-order valence-corrected chi connectivity index (χ4v) is 5.77. The van der Waals surface area contributed by atoms with Gasteiger partial charge >= 0.3 is 19.8 Å². The molecule has 0 aromatic rings. The van der Waals surface area contributed by atoms with Crippen molar-refractivity contribution >= 4 is 19.8 Å². The van der Waals surface area contributed by atoms with Crippen molar-refractivity contribution in [3.8, 4) is 0 Å². The number of rotatable bonds is 37. The molecule has 0 saturated heterocycles. The molecule has 8 nitrogen and oxygen atoms in total. The molecule has 2 N–H and O–H groups in total. The van der Waals surface area contributed by atoms with Crippen LogP contribution >= 0.6 is 7.82 Å². The largest absolute Gasteiger partial charge is 0.469 e. The molecular formula is C43H75O8P. The highest BCUT2D eigenvalue weighted by Crippen LogP contribution is 2.36. The number of carbonyl (C=O) groups is 2. The highest BCUT2D eigenvalue weighted by Gasteiger charge is 2.22. The molecule has 0 radical (unpaired) electrons. The number of esters is 2. The summed E-state index contributed by atoms with van der Waals surface area (Å²) in [5.41, 5.74) is 0. The molecule has 1 atom stereocenters. The van der Waals surface area contributed by atoms with Crippen molar-refractivity contribution in [2.75, 3.05) is 13.2 Å². The molecule has 0 saturated carbocycles. The lowest BCUT2D eigenvalue weighted by atomic mass is 10.1. The second-order valence-electron chi connectivity index (χ2n) is 13.6. The Kier molecular flexibility index (Phi) is 36.8. The Morgan fingerprint density at radius 2 is 0.865 bits per heavy atom. The van der Waals surface area contributed by atoms with Gasteiger partial charge in [0.25, 0.3) is 0 Å². The third kappa shape index (κ3) is 40.5. The first-order valence-corrected chi connectivity index (χ1v) is 22.1. The van der Waals surface area contributed by atoms with E-state index in [9.17, 15) is 14.2 Å². The predicted octanol–water partition coefficient (Wildman–Crippen LogP) is 12.5. The monoisotopic (exact) mass is 751 g/mol. The van der Waals surface area contributed by atoms with Gasteiger partial charge in [0.15, 0.2) is 6.10 Å². The van der Waals surface area contributed by atoms with E-state index in [-0.39, 0.29) is 19.4 Å². The van der Waals surface area contributed by atoms with Gasteiger partial charge in [0.1, 0.15) is 6.61 Å². The Balaban J connectivity index is 4.00. The zero-order valence-corrected chi connectivity index (χ0v) is 33.8. The molecule has 0 aromatic heterocycles. The van der Waals surface area contributed by atoms with Crippen LogP contribution in [0.25, 0.3) is 0 Å². The lowest BCUT2D eigenvalue weighted by Gasteiger charge is -2.18. The predicted molar refractivity (Wildman–Crippen MR) is 216 cm³/mol. The van der Waals surface area contributed by atoms with Gasteiger partial charge in [0.05, 0.1) is 6.61 Å². The van der Waals surface area contributed by atoms with Gasteiger partial charge in [-0.25, -0.2) is 4.57 Å². The normalized spacial score (nSPS) is 13.1. The van der Waals surface area contributed by atoms with Crippen LogP contribution in [0.15, 0.2) is 60.8 Å². The third-order valence-electron chi connectivity index (χ3n) is 8.51. The highest BCUT2D eigenvalue weighted by atomic mass is 31.2. The fraction of sp³-hybridized carbons (Fsp3) is 0.721. The van der Waals surface area contributed by atoms with E-state index >= 15 is 0 Å². The molecule has 0 fully saturated rings. The molecule has 0 spiro atoms. The standard InChI is InChI=1S/C43H75O8P/c1-3-5-7-9-11-13-15-17-19-21-23-25-27-29-31-33-35-37-42(44)49-39-41(40-50-52(46,47)48)51-43(45)38-36-34-32-30-28-26-24-22-20-18-16-14-12-10-8-6-4-2/h11-14,17-20,24,26,41H,3-10,15-16,21-23,25,27-40H2,1-2H3,(H2,46,47,48)/b13-11-,14-12-,19-17-,20-18-,26-24-/t41-/m1/s1. The van der Waals surface area contributed by atoms with Gasteiger partial charge < -0.3 is 19.3 Å². The number of hydrogen-bond acceptors (Lipinski definition) is 6. The van der Waals surface area contributed by atoms with E-state index < -0.39 is 32.5 Å². The molecule has 0 heterocycles. The average molecular weight is 751 g/mol. The molecule has 52 heavy (non-hydrogen) atoms. The molecule has 9 heteroatoms. The van der Waals surface area contributed by atoms with E-state index in [1.165, 1.54) is 70.6 Å². The van der Waals surface area contributed by atoms with Crippen LogP contribution in [-0.4, -0.2) is 41.0 Å². The van der Waals surface area contributed by atoms with Crippen LogP contribution in [0.5, 0.6) is 0 Å². The van der Waals surface area contributed by atoms with Crippen molar-refractivity contribution < 1.29 is 37.9 Å². The SMILES string of the molecule is CCCCC/C=C\C/C=C\C/C=C\CCCCCCC(=O)O[C@H](COC(=O)CCCCCCCCC/C=C\C/C=C\CCCCC)COP(=O)(O)O. The second kappa shape index (κ2) is 38.5. The van der Waals surface area contributed by atoms with Crippen LogP contribution in [0.1, 0.15) is 181 Å². The summed E-state index contributed by atoms with van der Waals surface area (Å²) in [6.07, 6.45) is 47.9. The van der Waals surface area contributed by atoms with Crippen LogP contribution in [0, 0.1) is 0 Å². The summed E-state index contributed by atoms with van der Waals surface area (Å²) in [6.45, 7) is 3.60. The molecule has 0 aliphatic heterocycles. The average Bonchev–Trinajstić information content (AvgIpc) is 3.11. The molecule has 0 unspecified atom stereocenters. The van der Waals surface area contributed by atoms with Crippen LogP contribution in [0.4, 0.5) is 0 Å². The van der Waals surface area contributed by atoms with Crippen molar-refractivity contribution in [3.05, 3.63) is 60.8 Å². The molecule has 0 aliphatic rings. The van der Waals surface area contributed by atoms with Gasteiger partial charge in [-0.15, -0.1) is 0 Å². The lowest BCUT2D eigenvalue weighted by molar-refractivity contribution is -0.161. The van der Waals surface area contributed by atoms with E-state index in [4.69, 9.17) is 19.3 Å². The summed E-state index contributed by atoms with van der Waals surface area (Å²) in [6, 6.07) is 0. The van der Waals surface area contributed by atoms with Crippen molar-refractivity contribution in [2.45, 2.75) is 187 Å². The number of unbranched alkanes of at least 4 members (excludes halogenated alkanes) is 17. The highest BCUT2D eigenvalue weighted by molar-refractivity contribution is 7.46. The van der Waals surface area contributed by atoms with Crippen LogP contribution in [-0.2, 0) is 28.2 Å². The number of carbonyl (C=O) groups excluding carboxylic acids is 2. The first-order valence-electron chi connectivity index (χ1n) is 20.6. The molecule has 0 amide bonds. The van der Waals surface area contributed by atoms with Crippen LogP contribution < -0.4 is 0 Å². The van der Waals surface area contributed by atoms with E-state index in [0.29, 0.717) is 12.8 Å². The summed E-state index contributed by atoms with van der Waals surface area (Å²) in [7, 11) is -4.76. The maximum absolute atomic E-state index is 12.4. The minimum absolute atomic E-state index is 0.182. The summed E-state index contributed by atoms with van der Waals surface area (Å²) in [5.74, 6) is -0.922. The van der Waals surface area contributed by atoms with Gasteiger partial charge in [0.2, 0.25) is 0 Å². The van der Waals surface area contributed by atoms with Crippen molar-refractivity contribution in [2.24, 2.45) is 0 Å². The van der Waals surface area contributed by atoms with Crippen molar-refractivity contribution in [3.63, 3.8) is 0 Å². The number of ether oxygens (including phenoxy) is 2. The lowest BCUT2D eigenvalue weighted by Crippen LogP contribution is -2.29.